The van der Waals surface area contributed by atoms with Crippen LogP contribution in [0.4, 0.5) is 0 Å². The molecule has 2 rings (SSSR count). The monoisotopic (exact) mass is 239 g/mol. The molecule has 1 aliphatic rings. The number of halogens is 1. The Morgan fingerprint density at radius 2 is 2.00 bits per heavy atom. The summed E-state index contributed by atoms with van der Waals surface area (Å²) in [6.07, 6.45) is 1.20. The Balaban J connectivity index is 2.19. The van der Waals surface area contributed by atoms with Gasteiger partial charge in [0, 0.05) is 17.6 Å². The van der Waals surface area contributed by atoms with Crippen molar-refractivity contribution in [1.29, 1.82) is 0 Å². The van der Waals surface area contributed by atoms with Gasteiger partial charge in [0.05, 0.1) is 6.61 Å². The van der Waals surface area contributed by atoms with Crippen LogP contribution in [0.5, 0.6) is 0 Å². The molecule has 0 N–H and O–H groups in total. The zero-order valence-corrected chi connectivity index (χ0v) is 10.6. The summed E-state index contributed by atoms with van der Waals surface area (Å²) in [5, 5.41) is 0.774. The Labute approximate surface area is 102 Å². The van der Waals surface area contributed by atoms with Gasteiger partial charge in [-0.1, -0.05) is 23.7 Å². The van der Waals surface area contributed by atoms with Gasteiger partial charge >= 0.3 is 0 Å². The van der Waals surface area contributed by atoms with Crippen LogP contribution in [0.15, 0.2) is 24.3 Å². The lowest BCUT2D eigenvalue weighted by Crippen LogP contribution is -2.41. The molecule has 0 spiro atoms. The topological polar surface area (TPSA) is 12.5 Å². The van der Waals surface area contributed by atoms with E-state index in [1.807, 2.05) is 24.3 Å². The summed E-state index contributed by atoms with van der Waals surface area (Å²) in [5.41, 5.74) is 1.19. The standard InChI is InChI=1S/C13H18ClNO/c1-10(2)15-8-3-9-16-13(15)11-4-6-12(14)7-5-11/h4-7,10,13H,3,8-9H2,1-2H3. The summed E-state index contributed by atoms with van der Waals surface area (Å²) in [7, 11) is 0. The van der Waals surface area contributed by atoms with Gasteiger partial charge in [-0.2, -0.15) is 0 Å². The quantitative estimate of drug-likeness (QED) is 0.784. The van der Waals surface area contributed by atoms with E-state index >= 15 is 0 Å². The molecule has 0 aromatic heterocycles. The average Bonchev–Trinajstić information content (AvgIpc) is 2.30. The lowest BCUT2D eigenvalue weighted by molar-refractivity contribution is -0.111. The van der Waals surface area contributed by atoms with Gasteiger partial charge in [0.1, 0.15) is 6.23 Å². The molecular weight excluding hydrogens is 222 g/mol. The number of nitrogens with zero attached hydrogens (tertiary/aromatic N) is 1. The second-order valence-corrected chi connectivity index (χ2v) is 4.90. The van der Waals surface area contributed by atoms with Gasteiger partial charge in [0.15, 0.2) is 0 Å². The van der Waals surface area contributed by atoms with Gasteiger partial charge in [0.25, 0.3) is 0 Å². The van der Waals surface area contributed by atoms with E-state index in [-0.39, 0.29) is 6.23 Å². The van der Waals surface area contributed by atoms with Crippen LogP contribution in [0.3, 0.4) is 0 Å². The van der Waals surface area contributed by atoms with Gasteiger partial charge < -0.3 is 4.74 Å². The van der Waals surface area contributed by atoms with Crippen molar-refractivity contribution in [3.63, 3.8) is 0 Å². The molecule has 16 heavy (non-hydrogen) atoms. The smallest absolute Gasteiger partial charge is 0.136 e. The summed E-state index contributed by atoms with van der Waals surface area (Å²) in [5.74, 6) is 0. The highest BCUT2D eigenvalue weighted by Crippen LogP contribution is 2.28. The van der Waals surface area contributed by atoms with Crippen molar-refractivity contribution in [3.05, 3.63) is 34.9 Å². The molecule has 3 heteroatoms. The van der Waals surface area contributed by atoms with Crippen LogP contribution in [0.2, 0.25) is 5.02 Å². The highest BCUT2D eigenvalue weighted by Gasteiger charge is 2.26. The molecule has 0 bridgehead atoms. The maximum atomic E-state index is 5.90. The molecule has 0 radical (unpaired) electrons. The van der Waals surface area contributed by atoms with E-state index in [2.05, 4.69) is 18.7 Å². The molecule has 0 amide bonds. The Morgan fingerprint density at radius 3 is 2.62 bits per heavy atom. The third-order valence-corrected chi connectivity index (χ3v) is 3.21. The highest BCUT2D eigenvalue weighted by molar-refractivity contribution is 6.30. The Morgan fingerprint density at radius 1 is 1.31 bits per heavy atom. The van der Waals surface area contributed by atoms with Crippen molar-refractivity contribution in [2.75, 3.05) is 13.2 Å². The molecule has 0 saturated carbocycles. The number of benzene rings is 1. The summed E-state index contributed by atoms with van der Waals surface area (Å²) in [6, 6.07) is 8.45. The number of hydrogen-bond donors (Lipinski definition) is 0. The zero-order valence-electron chi connectivity index (χ0n) is 9.82. The molecule has 1 aliphatic heterocycles. The molecule has 1 aromatic rings. The average molecular weight is 240 g/mol. The number of hydrogen-bond acceptors (Lipinski definition) is 2. The second-order valence-electron chi connectivity index (χ2n) is 4.46. The van der Waals surface area contributed by atoms with Crippen LogP contribution in [0, 0.1) is 0 Å². The molecule has 1 fully saturated rings. The van der Waals surface area contributed by atoms with E-state index in [1.54, 1.807) is 0 Å². The summed E-state index contributed by atoms with van der Waals surface area (Å²) < 4.78 is 5.86. The number of ether oxygens (including phenoxy) is 1. The van der Waals surface area contributed by atoms with Crippen molar-refractivity contribution in [2.45, 2.75) is 32.5 Å². The lowest BCUT2D eigenvalue weighted by Gasteiger charge is -2.38. The fraction of sp³-hybridized carbons (Fsp3) is 0.538. The van der Waals surface area contributed by atoms with Crippen molar-refractivity contribution in [3.8, 4) is 0 Å². The van der Waals surface area contributed by atoms with Gasteiger partial charge in [-0.25, -0.2) is 0 Å². The van der Waals surface area contributed by atoms with Crippen LogP contribution in [0.1, 0.15) is 32.1 Å². The van der Waals surface area contributed by atoms with Gasteiger partial charge in [0.2, 0.25) is 0 Å². The molecule has 1 atom stereocenters. The maximum Gasteiger partial charge on any atom is 0.136 e. The fourth-order valence-corrected chi connectivity index (χ4v) is 2.23. The second kappa shape index (κ2) is 5.17. The third-order valence-electron chi connectivity index (χ3n) is 2.96. The first-order valence-corrected chi connectivity index (χ1v) is 6.19. The van der Waals surface area contributed by atoms with Crippen molar-refractivity contribution in [1.82, 2.24) is 4.90 Å². The minimum atomic E-state index is 0.0889. The largest absolute Gasteiger partial charge is 0.359 e. The van der Waals surface area contributed by atoms with E-state index < -0.39 is 0 Å². The Kier molecular flexibility index (Phi) is 3.85. The molecule has 1 aromatic carbocycles. The predicted molar refractivity (Wildman–Crippen MR) is 66.6 cm³/mol. The van der Waals surface area contributed by atoms with Crippen LogP contribution >= 0.6 is 11.6 Å². The molecule has 2 nitrogen and oxygen atoms in total. The first kappa shape index (κ1) is 11.9. The minimum Gasteiger partial charge on any atom is -0.359 e. The van der Waals surface area contributed by atoms with Gasteiger partial charge in [-0.3, -0.25) is 4.90 Å². The van der Waals surface area contributed by atoms with Crippen LogP contribution in [0.25, 0.3) is 0 Å². The Hall–Kier alpha value is -0.570. The molecule has 0 aliphatic carbocycles. The third kappa shape index (κ3) is 2.57. The molecule has 1 unspecified atom stereocenters. The van der Waals surface area contributed by atoms with Crippen molar-refractivity contribution in [2.24, 2.45) is 0 Å². The van der Waals surface area contributed by atoms with E-state index in [1.165, 1.54) is 5.56 Å². The predicted octanol–water partition coefficient (Wildman–Crippen LogP) is 3.47. The van der Waals surface area contributed by atoms with Crippen LogP contribution < -0.4 is 0 Å². The SMILES string of the molecule is CC(C)N1CCCOC1c1ccc(Cl)cc1. The molecule has 88 valence electrons. The van der Waals surface area contributed by atoms with E-state index in [4.69, 9.17) is 16.3 Å². The van der Waals surface area contributed by atoms with E-state index in [0.717, 1.165) is 24.6 Å². The number of rotatable bonds is 2. The summed E-state index contributed by atoms with van der Waals surface area (Å²) in [6.45, 7) is 6.36. The van der Waals surface area contributed by atoms with Crippen LogP contribution in [-0.2, 0) is 4.74 Å². The van der Waals surface area contributed by atoms with Crippen molar-refractivity contribution >= 4 is 11.6 Å². The Bertz CT molecular complexity index is 336. The minimum absolute atomic E-state index is 0.0889. The molecule has 1 saturated heterocycles. The van der Waals surface area contributed by atoms with Crippen molar-refractivity contribution < 1.29 is 4.74 Å². The first-order valence-electron chi connectivity index (χ1n) is 5.81. The van der Waals surface area contributed by atoms with E-state index in [9.17, 15) is 0 Å². The van der Waals surface area contributed by atoms with Crippen LogP contribution in [-0.4, -0.2) is 24.1 Å². The maximum absolute atomic E-state index is 5.90. The normalized spacial score (nSPS) is 22.6. The molecular formula is C13H18ClNO. The van der Waals surface area contributed by atoms with Gasteiger partial charge in [-0.15, -0.1) is 0 Å². The first-order chi connectivity index (χ1) is 7.68. The zero-order chi connectivity index (χ0) is 11.5. The summed E-state index contributed by atoms with van der Waals surface area (Å²) in [4.78, 5) is 2.38. The van der Waals surface area contributed by atoms with Gasteiger partial charge in [-0.05, 0) is 38.0 Å². The molecule has 1 heterocycles. The fourth-order valence-electron chi connectivity index (χ4n) is 2.10. The lowest BCUT2D eigenvalue weighted by atomic mass is 10.1. The van der Waals surface area contributed by atoms with E-state index in [0.29, 0.717) is 6.04 Å². The highest BCUT2D eigenvalue weighted by atomic mass is 35.5. The summed E-state index contributed by atoms with van der Waals surface area (Å²) >= 11 is 5.90.